The first-order valence-corrected chi connectivity index (χ1v) is 27.4. The van der Waals surface area contributed by atoms with Crippen molar-refractivity contribution in [2.45, 2.75) is 33.4 Å². The number of hydrogen-bond acceptors (Lipinski definition) is 12. The van der Waals surface area contributed by atoms with Crippen molar-refractivity contribution in [3.05, 3.63) is 159 Å². The lowest BCUT2D eigenvalue weighted by Gasteiger charge is -2.15. The minimum absolute atomic E-state index is 0.0220. The Morgan fingerprint density at radius 1 is 0.544 bits per heavy atom. The average molecular weight is 1150 g/mol. The Labute approximate surface area is 418 Å². The zero-order valence-corrected chi connectivity index (χ0v) is 43.8. The van der Waals surface area contributed by atoms with Crippen molar-refractivity contribution in [2.24, 2.45) is 0 Å². The fourth-order valence-electron chi connectivity index (χ4n) is 6.59. The summed E-state index contributed by atoms with van der Waals surface area (Å²) in [5.74, 6) is 0. The molecule has 68 heavy (non-hydrogen) atoms. The van der Waals surface area contributed by atoms with Gasteiger partial charge in [0.15, 0.2) is 11.3 Å². The van der Waals surface area contributed by atoms with Gasteiger partial charge in [-0.1, -0.05) is 95.0 Å². The molecule has 0 saturated heterocycles. The van der Waals surface area contributed by atoms with E-state index >= 15 is 0 Å². The van der Waals surface area contributed by atoms with Crippen molar-refractivity contribution in [1.29, 1.82) is 0 Å². The lowest BCUT2D eigenvalue weighted by Crippen LogP contribution is -2.37. The Hall–Kier alpha value is -4.73. The minimum Gasteiger partial charge on any atom is -0.423 e. The van der Waals surface area contributed by atoms with Crippen molar-refractivity contribution >= 4 is 121 Å². The highest BCUT2D eigenvalue weighted by Crippen LogP contribution is 2.39. The minimum atomic E-state index is -4.02. The zero-order chi connectivity index (χ0) is 50.1. The van der Waals surface area contributed by atoms with E-state index in [2.05, 4.69) is 32.6 Å². The maximum absolute atomic E-state index is 13.5. The van der Waals surface area contributed by atoms with E-state index in [1.165, 1.54) is 87.2 Å². The van der Waals surface area contributed by atoms with E-state index < -0.39 is 47.2 Å². The van der Waals surface area contributed by atoms with Crippen molar-refractivity contribution in [3.8, 4) is 11.1 Å². The molecule has 0 amide bonds. The van der Waals surface area contributed by atoms with Crippen molar-refractivity contribution in [3.63, 3.8) is 0 Å². The van der Waals surface area contributed by atoms with E-state index in [1.54, 1.807) is 79.0 Å². The average Bonchev–Trinajstić information content (AvgIpc) is 3.87. The number of halogens is 3. The van der Waals surface area contributed by atoms with Gasteiger partial charge in [-0.3, -0.25) is 0 Å². The molecular weight excluding hydrogens is 1110 g/mol. The zero-order valence-electron chi connectivity index (χ0n) is 36.9. The van der Waals surface area contributed by atoms with Gasteiger partial charge in [-0.15, -0.1) is 0 Å². The second-order valence-corrected chi connectivity index (χ2v) is 25.1. The molecule has 8 rings (SSSR count). The van der Waals surface area contributed by atoms with E-state index in [4.69, 9.17) is 33.2 Å². The first-order valence-electron chi connectivity index (χ1n) is 19.8. The third-order valence-corrected chi connectivity index (χ3v) is 18.7. The van der Waals surface area contributed by atoms with Crippen LogP contribution in [0.2, 0.25) is 10.0 Å². The molecule has 0 radical (unpaired) electrons. The molecule has 0 bridgehead atoms. The summed E-state index contributed by atoms with van der Waals surface area (Å²) in [6, 6.07) is 28.5. The van der Waals surface area contributed by atoms with Crippen molar-refractivity contribution in [1.82, 2.24) is 26.5 Å². The van der Waals surface area contributed by atoms with E-state index in [0.717, 1.165) is 27.3 Å². The first kappa shape index (κ1) is 52.6. The summed E-state index contributed by atoms with van der Waals surface area (Å²) < 4.78 is 107. The van der Waals surface area contributed by atoms with Gasteiger partial charge in [-0.05, 0) is 85.0 Å². The molecule has 0 spiro atoms. The molecule has 0 saturated carbocycles. The molecule has 2 N–H and O–H groups in total. The van der Waals surface area contributed by atoms with Crippen LogP contribution < -0.4 is 5.46 Å². The van der Waals surface area contributed by atoms with Gasteiger partial charge in [0.2, 0.25) is 20.0 Å². The predicted octanol–water partition coefficient (Wildman–Crippen LogP) is 6.61. The Kier molecular flexibility index (Phi) is 16.0. The maximum atomic E-state index is 13.5. The number of pyridine rings is 2. The Morgan fingerprint density at radius 2 is 0.956 bits per heavy atom. The van der Waals surface area contributed by atoms with E-state index in [1.807, 2.05) is 13.8 Å². The van der Waals surface area contributed by atoms with Gasteiger partial charge in [-0.25, -0.2) is 60.2 Å². The van der Waals surface area contributed by atoms with Gasteiger partial charge in [0.1, 0.15) is 0 Å². The van der Waals surface area contributed by atoms with Gasteiger partial charge in [0, 0.05) is 78.5 Å². The van der Waals surface area contributed by atoms with Crippen LogP contribution in [0.1, 0.15) is 11.1 Å². The normalized spacial score (nSPS) is 12.2. The Bertz CT molecular complexity index is 3630. The summed E-state index contributed by atoms with van der Waals surface area (Å²) in [5.41, 5.74) is 3.05. The first-order chi connectivity index (χ1) is 31.8. The number of fused-ring (bicyclic) bond motifs is 2. The molecule has 4 aromatic carbocycles. The topological polar surface area (TPSA) is 219 Å². The quantitative estimate of drug-likeness (QED) is 0.109. The number of hydrogen-bond donors (Lipinski definition) is 2. The molecule has 4 heterocycles. The van der Waals surface area contributed by atoms with Crippen molar-refractivity contribution < 1.29 is 43.7 Å². The van der Waals surface area contributed by atoms with Crippen molar-refractivity contribution in [2.75, 3.05) is 28.2 Å². The van der Waals surface area contributed by atoms with Gasteiger partial charge < -0.3 is 10.0 Å². The monoisotopic (exact) mass is 1150 g/mol. The summed E-state index contributed by atoms with van der Waals surface area (Å²) in [6.07, 6.45) is 5.84. The van der Waals surface area contributed by atoms with E-state index in [-0.39, 0.29) is 35.7 Å². The van der Waals surface area contributed by atoms with Crippen LogP contribution in [0.5, 0.6) is 0 Å². The number of aromatic nitrogens is 4. The van der Waals surface area contributed by atoms with Gasteiger partial charge >= 0.3 is 7.12 Å². The van der Waals surface area contributed by atoms with Crippen LogP contribution in [-0.2, 0) is 40.1 Å². The van der Waals surface area contributed by atoms with Gasteiger partial charge in [0.25, 0.3) is 20.0 Å². The molecule has 0 aliphatic rings. The highest BCUT2D eigenvalue weighted by atomic mass is 127. The van der Waals surface area contributed by atoms with Crippen LogP contribution in [0.4, 0.5) is 0 Å². The number of aryl methyl sites for hydroxylation is 2. The third kappa shape index (κ3) is 10.5. The number of nitrogens with zero attached hydrogens (tertiary/aromatic N) is 6. The number of rotatable bonds is 10. The lowest BCUT2D eigenvalue weighted by atomic mass is 9.80. The molecule has 0 fully saturated rings. The molecule has 0 atom stereocenters. The van der Waals surface area contributed by atoms with Crippen LogP contribution in [0, 0.1) is 17.4 Å². The van der Waals surface area contributed by atoms with Crippen LogP contribution in [0.15, 0.2) is 154 Å². The fraction of sp³-hybridized carbons (Fsp3) is 0.136. The predicted molar refractivity (Wildman–Crippen MR) is 273 cm³/mol. The van der Waals surface area contributed by atoms with E-state index in [0.29, 0.717) is 32.6 Å². The van der Waals surface area contributed by atoms with Crippen LogP contribution in [-0.4, -0.2) is 106 Å². The molecule has 0 aliphatic heterocycles. The van der Waals surface area contributed by atoms with Gasteiger partial charge in [-0.2, -0.15) is 0 Å². The molecule has 356 valence electrons. The number of sulfonamides is 2. The standard InChI is InChI=1S/C22H20ClN3O4S2.C14H10ClIN2O2S.C8H12BNO4S/c1-15-8-10-16(11-9-15)31(27,28)26-14-18(21-19(23)12-13-24-22(21)26)17-6-4-5-7-20(17)32(29,30)25(2)3;1-9-2-4-10(5-3-9)21(19,20)18-8-12(16)13-11(15)6-7-17-14(13)18;1-10(2)15(13,14)8-6-4-3-5-7(8)9(11)12/h4-14H,1-3H3;2-8H,1H3;3-6,11-12H,1-2H3. The molecule has 8 aromatic rings. The summed E-state index contributed by atoms with van der Waals surface area (Å²) in [4.78, 5) is 8.69. The molecule has 0 aliphatic carbocycles. The Balaban J connectivity index is 0.000000182. The molecule has 24 heteroatoms. The SMILES string of the molecule is CN(C)S(=O)(=O)c1ccccc1B(O)O.Cc1ccc(S(=O)(=O)n2cc(-c3ccccc3S(=O)(=O)N(C)C)c3c(Cl)ccnc32)cc1.Cc1ccc(S(=O)(=O)n2cc(I)c3c(Cl)ccnc32)cc1. The summed E-state index contributed by atoms with van der Waals surface area (Å²) in [7, 11) is -11.3. The van der Waals surface area contributed by atoms with E-state index in [9.17, 15) is 33.7 Å². The largest absolute Gasteiger partial charge is 0.489 e. The molecule has 16 nitrogen and oxygen atoms in total. The summed E-state index contributed by atoms with van der Waals surface area (Å²) in [6.45, 7) is 3.77. The Morgan fingerprint density at radius 3 is 1.44 bits per heavy atom. The molecule has 4 aromatic heterocycles. The number of benzene rings is 4. The van der Waals surface area contributed by atoms with Gasteiger partial charge in [0.05, 0.1) is 35.0 Å². The molecular formula is C44H42BCl2IN6O10S4. The smallest absolute Gasteiger partial charge is 0.423 e. The van der Waals surface area contributed by atoms with Crippen LogP contribution in [0.25, 0.3) is 33.2 Å². The second kappa shape index (κ2) is 20.7. The summed E-state index contributed by atoms with van der Waals surface area (Å²) >= 11 is 14.7. The molecule has 0 unspecified atom stereocenters. The second-order valence-electron chi connectivity index (χ2n) is 15.2. The third-order valence-electron chi connectivity index (χ3n) is 10.2. The maximum Gasteiger partial charge on any atom is 0.489 e. The van der Waals surface area contributed by atoms with Crippen LogP contribution >= 0.6 is 45.8 Å². The summed E-state index contributed by atoms with van der Waals surface area (Å²) in [5, 5.41) is 19.8. The lowest BCUT2D eigenvalue weighted by molar-refractivity contribution is 0.424. The highest BCUT2D eigenvalue weighted by molar-refractivity contribution is 14.1. The fourth-order valence-corrected chi connectivity index (χ4v) is 13.1. The highest BCUT2D eigenvalue weighted by Gasteiger charge is 2.29. The van der Waals surface area contributed by atoms with Crippen LogP contribution in [0.3, 0.4) is 0 Å².